The molecule has 0 amide bonds. The van der Waals surface area contributed by atoms with Crippen molar-refractivity contribution in [3.63, 3.8) is 0 Å². The molecule has 180 valence electrons. The number of nitrogens with zero attached hydrogens (tertiary/aromatic N) is 1. The summed E-state index contributed by atoms with van der Waals surface area (Å²) in [4.78, 5) is 14.4. The normalized spacial score (nSPS) is 15.1. The van der Waals surface area contributed by atoms with E-state index in [2.05, 4.69) is 17.0 Å². The second kappa shape index (κ2) is 9.64. The minimum atomic E-state index is -0.272. The summed E-state index contributed by atoms with van der Waals surface area (Å²) in [5.74, 6) is 0.433. The Labute approximate surface area is 209 Å². The molecule has 0 bridgehead atoms. The lowest BCUT2D eigenvalue weighted by atomic mass is 9.95. The number of benzene rings is 3. The molecule has 35 heavy (non-hydrogen) atoms. The van der Waals surface area contributed by atoms with Crippen molar-refractivity contribution in [2.24, 2.45) is 5.73 Å². The minimum absolute atomic E-state index is 0.158. The quantitative estimate of drug-likeness (QED) is 0.340. The van der Waals surface area contributed by atoms with E-state index in [0.717, 1.165) is 44.5 Å². The number of nitrogens with two attached hydrogens (primary N) is 1. The highest BCUT2D eigenvalue weighted by Gasteiger charge is 2.29. The number of rotatable bonds is 6. The highest BCUT2D eigenvalue weighted by atomic mass is 35.5. The summed E-state index contributed by atoms with van der Waals surface area (Å²) in [5.41, 5.74) is 12.0. The first kappa shape index (κ1) is 23.3. The SMILES string of the molecule is CCOC(=O)Cc1cccc2c1OC(c1cc(-c3cccc(CN)c3Cl)c3occc3c1)CN2C. The molecule has 2 N–H and O–H groups in total. The van der Waals surface area contributed by atoms with Crippen LogP contribution in [0.15, 0.2) is 65.3 Å². The van der Waals surface area contributed by atoms with Crippen LogP contribution in [-0.2, 0) is 22.5 Å². The van der Waals surface area contributed by atoms with Crippen LogP contribution in [0.2, 0.25) is 5.02 Å². The molecule has 0 saturated carbocycles. The molecule has 0 aliphatic carbocycles. The summed E-state index contributed by atoms with van der Waals surface area (Å²) in [5, 5.41) is 1.58. The van der Waals surface area contributed by atoms with Crippen LogP contribution in [0.3, 0.4) is 0 Å². The maximum Gasteiger partial charge on any atom is 0.310 e. The Morgan fingerprint density at radius 3 is 2.74 bits per heavy atom. The fraction of sp³-hybridized carbons (Fsp3) is 0.250. The van der Waals surface area contributed by atoms with Crippen molar-refractivity contribution in [2.45, 2.75) is 26.0 Å². The summed E-state index contributed by atoms with van der Waals surface area (Å²) in [6.45, 7) is 3.15. The maximum absolute atomic E-state index is 12.2. The lowest BCUT2D eigenvalue weighted by Crippen LogP contribution is -2.32. The van der Waals surface area contributed by atoms with Gasteiger partial charge in [0.25, 0.3) is 0 Å². The van der Waals surface area contributed by atoms with Gasteiger partial charge in [-0.2, -0.15) is 0 Å². The number of para-hydroxylation sites is 1. The van der Waals surface area contributed by atoms with Crippen molar-refractivity contribution in [1.82, 2.24) is 0 Å². The van der Waals surface area contributed by atoms with E-state index in [9.17, 15) is 4.79 Å². The number of esters is 1. The Bertz CT molecular complexity index is 1400. The van der Waals surface area contributed by atoms with Crippen LogP contribution < -0.4 is 15.4 Å². The second-order valence-electron chi connectivity index (χ2n) is 8.62. The van der Waals surface area contributed by atoms with Gasteiger partial charge in [0, 0.05) is 35.7 Å². The number of hydrogen-bond donors (Lipinski definition) is 1. The van der Waals surface area contributed by atoms with Crippen LogP contribution in [-0.4, -0.2) is 26.2 Å². The number of likely N-dealkylation sites (N-methyl/N-ethyl adjacent to an activating group) is 1. The Hall–Kier alpha value is -3.48. The first-order valence-electron chi connectivity index (χ1n) is 11.6. The zero-order chi connectivity index (χ0) is 24.5. The lowest BCUT2D eigenvalue weighted by Gasteiger charge is -2.35. The van der Waals surface area contributed by atoms with Crippen LogP contribution >= 0.6 is 11.6 Å². The molecule has 3 aromatic carbocycles. The van der Waals surface area contributed by atoms with Crippen molar-refractivity contribution in [1.29, 1.82) is 0 Å². The van der Waals surface area contributed by atoms with Crippen LogP contribution in [0.1, 0.15) is 29.7 Å². The van der Waals surface area contributed by atoms with Crippen molar-refractivity contribution < 1.29 is 18.7 Å². The lowest BCUT2D eigenvalue weighted by molar-refractivity contribution is -0.142. The molecule has 1 unspecified atom stereocenters. The molecule has 1 aliphatic rings. The van der Waals surface area contributed by atoms with Gasteiger partial charge in [-0.3, -0.25) is 4.79 Å². The standard InChI is InChI=1S/C28H27ClN2O4/c1-3-33-25(32)14-17-6-5-9-23-28(17)35-24(16-31(23)2)20-12-18-10-11-34-27(18)22(13-20)21-8-4-7-19(15-30)26(21)29/h4-13,24H,3,14-16,30H2,1-2H3. The molecule has 1 aromatic heterocycles. The van der Waals surface area contributed by atoms with Crippen LogP contribution in [0.4, 0.5) is 5.69 Å². The first-order chi connectivity index (χ1) is 17.0. The molecule has 7 heteroatoms. The van der Waals surface area contributed by atoms with E-state index in [0.29, 0.717) is 30.5 Å². The van der Waals surface area contributed by atoms with Crippen LogP contribution in [0.5, 0.6) is 5.75 Å². The van der Waals surface area contributed by atoms with Gasteiger partial charge in [0.05, 0.1) is 36.5 Å². The van der Waals surface area contributed by atoms with Gasteiger partial charge in [-0.15, -0.1) is 0 Å². The third kappa shape index (κ3) is 4.35. The first-order valence-corrected chi connectivity index (χ1v) is 12.0. The third-order valence-corrected chi connectivity index (χ3v) is 6.81. The number of anilines is 1. The summed E-state index contributed by atoms with van der Waals surface area (Å²) < 4.78 is 17.6. The van der Waals surface area contributed by atoms with Gasteiger partial charge in [-0.25, -0.2) is 0 Å². The van der Waals surface area contributed by atoms with E-state index in [1.807, 2.05) is 49.5 Å². The predicted molar refractivity (Wildman–Crippen MR) is 138 cm³/mol. The number of carbonyl (C=O) groups is 1. The molecule has 2 heterocycles. The van der Waals surface area contributed by atoms with Gasteiger partial charge in [0.1, 0.15) is 17.4 Å². The van der Waals surface area contributed by atoms with Gasteiger partial charge in [0.2, 0.25) is 0 Å². The highest BCUT2D eigenvalue weighted by molar-refractivity contribution is 6.34. The average Bonchev–Trinajstić information content (AvgIpc) is 3.33. The Morgan fingerprint density at radius 2 is 1.94 bits per heavy atom. The molecular weight excluding hydrogens is 464 g/mol. The number of furan rings is 1. The number of halogens is 1. The predicted octanol–water partition coefficient (Wildman–Crippen LogP) is 5.89. The Morgan fingerprint density at radius 1 is 1.14 bits per heavy atom. The van der Waals surface area contributed by atoms with E-state index in [-0.39, 0.29) is 18.5 Å². The zero-order valence-electron chi connectivity index (χ0n) is 19.7. The molecule has 6 nitrogen and oxygen atoms in total. The summed E-state index contributed by atoms with van der Waals surface area (Å²) in [7, 11) is 2.03. The largest absolute Gasteiger partial charge is 0.481 e. The van der Waals surface area contributed by atoms with E-state index >= 15 is 0 Å². The molecule has 0 fully saturated rings. The fourth-order valence-electron chi connectivity index (χ4n) is 4.65. The maximum atomic E-state index is 12.2. The highest BCUT2D eigenvalue weighted by Crippen LogP contribution is 2.43. The molecule has 0 spiro atoms. The Balaban J connectivity index is 1.57. The molecular formula is C28H27ClN2O4. The smallest absolute Gasteiger partial charge is 0.310 e. The zero-order valence-corrected chi connectivity index (χ0v) is 20.5. The number of ether oxygens (including phenoxy) is 2. The Kier molecular flexibility index (Phi) is 6.41. The van der Waals surface area contributed by atoms with Crippen molar-refractivity contribution in [2.75, 3.05) is 25.1 Å². The molecule has 1 atom stereocenters. The number of fused-ring (bicyclic) bond motifs is 2. The van der Waals surface area contributed by atoms with Crippen LogP contribution in [0.25, 0.3) is 22.1 Å². The number of carbonyl (C=O) groups excluding carboxylic acids is 1. The van der Waals surface area contributed by atoms with E-state index in [1.54, 1.807) is 13.2 Å². The van der Waals surface area contributed by atoms with Gasteiger partial charge in [0.15, 0.2) is 0 Å². The third-order valence-electron chi connectivity index (χ3n) is 6.36. The average molecular weight is 491 g/mol. The van der Waals surface area contributed by atoms with Crippen molar-refractivity contribution in [3.05, 3.63) is 82.6 Å². The summed E-state index contributed by atoms with van der Waals surface area (Å²) in [6, 6.07) is 17.8. The number of hydrogen-bond acceptors (Lipinski definition) is 6. The molecule has 5 rings (SSSR count). The molecule has 0 saturated heterocycles. The van der Waals surface area contributed by atoms with Gasteiger partial charge in [-0.1, -0.05) is 41.9 Å². The van der Waals surface area contributed by atoms with E-state index < -0.39 is 0 Å². The van der Waals surface area contributed by atoms with Crippen LogP contribution in [0, 0.1) is 0 Å². The monoisotopic (exact) mass is 490 g/mol. The van der Waals surface area contributed by atoms with E-state index in [4.69, 9.17) is 31.2 Å². The van der Waals surface area contributed by atoms with E-state index in [1.165, 1.54) is 0 Å². The fourth-order valence-corrected chi connectivity index (χ4v) is 4.96. The van der Waals surface area contributed by atoms with Gasteiger partial charge in [-0.05, 0) is 42.3 Å². The molecule has 1 aliphatic heterocycles. The van der Waals surface area contributed by atoms with Crippen molar-refractivity contribution in [3.8, 4) is 16.9 Å². The summed E-state index contributed by atoms with van der Waals surface area (Å²) >= 11 is 6.73. The summed E-state index contributed by atoms with van der Waals surface area (Å²) in [6.07, 6.45) is 1.58. The second-order valence-corrected chi connectivity index (χ2v) is 9.00. The van der Waals surface area contributed by atoms with Crippen molar-refractivity contribution >= 4 is 34.2 Å². The minimum Gasteiger partial charge on any atom is -0.481 e. The topological polar surface area (TPSA) is 77.9 Å². The van der Waals surface area contributed by atoms with Gasteiger partial charge < -0.3 is 24.5 Å². The van der Waals surface area contributed by atoms with Gasteiger partial charge >= 0.3 is 5.97 Å². The molecule has 4 aromatic rings. The molecule has 0 radical (unpaired) electrons.